The lowest BCUT2D eigenvalue weighted by Gasteiger charge is -2.56. The second-order valence-corrected chi connectivity index (χ2v) is 10.8. The highest BCUT2D eigenvalue weighted by molar-refractivity contribution is 8.00. The third kappa shape index (κ3) is 3.43. The maximum absolute atomic E-state index is 13.7. The van der Waals surface area contributed by atoms with Crippen molar-refractivity contribution in [2.75, 3.05) is 0 Å². The summed E-state index contributed by atoms with van der Waals surface area (Å²) in [4.78, 5) is 17.8. The van der Waals surface area contributed by atoms with Gasteiger partial charge >= 0.3 is 0 Å². The number of hydrogen-bond donors (Lipinski definition) is 0. The molecule has 4 fully saturated rings. The van der Waals surface area contributed by atoms with Crippen LogP contribution in [0.4, 0.5) is 0 Å². The van der Waals surface area contributed by atoms with Gasteiger partial charge < -0.3 is 4.57 Å². The fourth-order valence-corrected chi connectivity index (χ4v) is 7.64. The first kappa shape index (κ1) is 19.3. The van der Waals surface area contributed by atoms with Crippen LogP contribution in [0.2, 0.25) is 0 Å². The molecule has 2 aromatic heterocycles. The minimum atomic E-state index is -0.0728. The van der Waals surface area contributed by atoms with E-state index in [0.29, 0.717) is 5.78 Å². The molecule has 1 unspecified atom stereocenters. The van der Waals surface area contributed by atoms with Crippen molar-refractivity contribution < 1.29 is 4.79 Å². The Morgan fingerprint density at radius 3 is 2.34 bits per heavy atom. The first-order chi connectivity index (χ1) is 14.1. The van der Waals surface area contributed by atoms with Gasteiger partial charge in [-0.15, -0.1) is 10.2 Å². The largest absolute Gasteiger partial charge is 0.302 e. The van der Waals surface area contributed by atoms with E-state index in [1.807, 2.05) is 12.1 Å². The van der Waals surface area contributed by atoms with Crippen molar-refractivity contribution in [1.82, 2.24) is 19.7 Å². The Kier molecular flexibility index (Phi) is 5.01. The maximum Gasteiger partial charge on any atom is 0.192 e. The van der Waals surface area contributed by atoms with E-state index in [1.54, 1.807) is 24.2 Å². The molecule has 5 nitrogen and oxygen atoms in total. The highest BCUT2D eigenvalue weighted by atomic mass is 32.2. The Bertz CT molecular complexity index is 858. The van der Waals surface area contributed by atoms with Crippen molar-refractivity contribution in [3.05, 3.63) is 24.5 Å². The van der Waals surface area contributed by atoms with Crippen LogP contribution >= 0.6 is 11.8 Å². The van der Waals surface area contributed by atoms with Crippen LogP contribution in [0, 0.1) is 23.2 Å². The van der Waals surface area contributed by atoms with E-state index < -0.39 is 0 Å². The van der Waals surface area contributed by atoms with Crippen LogP contribution in [0.5, 0.6) is 0 Å². The zero-order valence-corrected chi connectivity index (χ0v) is 18.2. The second-order valence-electron chi connectivity index (χ2n) is 9.52. The lowest BCUT2D eigenvalue weighted by atomic mass is 9.48. The molecule has 0 N–H and O–H groups in total. The molecular weight excluding hydrogens is 380 g/mol. The third-order valence-electron chi connectivity index (χ3n) is 7.31. The van der Waals surface area contributed by atoms with Crippen molar-refractivity contribution in [2.45, 2.75) is 75.7 Å². The average molecular weight is 411 g/mol. The molecule has 2 heterocycles. The minimum Gasteiger partial charge on any atom is -0.302 e. The number of rotatable bonds is 7. The van der Waals surface area contributed by atoms with Crippen LogP contribution in [0.25, 0.3) is 11.4 Å². The predicted octanol–water partition coefficient (Wildman–Crippen LogP) is 5.02. The van der Waals surface area contributed by atoms with Crippen LogP contribution in [0.15, 0.2) is 29.7 Å². The van der Waals surface area contributed by atoms with Gasteiger partial charge in [-0.2, -0.15) is 0 Å². The van der Waals surface area contributed by atoms with Crippen LogP contribution in [0.3, 0.4) is 0 Å². The molecule has 0 radical (unpaired) electrons. The number of Topliss-reactive ketones (excluding diaryl/α,β-unsaturated/α-hetero) is 1. The molecule has 0 spiro atoms. The van der Waals surface area contributed by atoms with E-state index in [-0.39, 0.29) is 10.7 Å². The molecule has 4 aliphatic carbocycles. The van der Waals surface area contributed by atoms with Gasteiger partial charge in [0.25, 0.3) is 0 Å². The molecule has 29 heavy (non-hydrogen) atoms. The summed E-state index contributed by atoms with van der Waals surface area (Å²) >= 11 is 1.61. The van der Waals surface area contributed by atoms with Crippen molar-refractivity contribution in [3.8, 4) is 11.4 Å². The molecule has 6 heteroatoms. The van der Waals surface area contributed by atoms with E-state index >= 15 is 0 Å². The molecule has 4 saturated carbocycles. The molecule has 6 rings (SSSR count). The van der Waals surface area contributed by atoms with E-state index in [9.17, 15) is 4.79 Å². The van der Waals surface area contributed by atoms with Gasteiger partial charge in [0.05, 0.1) is 5.25 Å². The molecule has 4 aliphatic rings. The smallest absolute Gasteiger partial charge is 0.192 e. The normalized spacial score (nSPS) is 31.2. The van der Waals surface area contributed by atoms with E-state index in [4.69, 9.17) is 0 Å². The van der Waals surface area contributed by atoms with Crippen molar-refractivity contribution in [2.24, 2.45) is 23.2 Å². The Labute approximate surface area is 177 Å². The first-order valence-corrected chi connectivity index (χ1v) is 12.0. The van der Waals surface area contributed by atoms with Gasteiger partial charge in [0.2, 0.25) is 0 Å². The summed E-state index contributed by atoms with van der Waals surface area (Å²) < 4.78 is 2.17. The number of aromatic nitrogens is 4. The van der Waals surface area contributed by atoms with Gasteiger partial charge in [-0.3, -0.25) is 9.78 Å². The summed E-state index contributed by atoms with van der Waals surface area (Å²) in [6.45, 7) is 5.10. The standard InChI is InChI=1S/C23H30N4OS/c1-3-8-27-21(19-4-6-24-7-5-19)25-26-22(27)29-15(2)20(28)23-12-16-9-17(13-23)11-18(10-16)14-23/h4-7,15-18H,3,8-14H2,1-2H3. The quantitative estimate of drug-likeness (QED) is 0.600. The zero-order valence-electron chi connectivity index (χ0n) is 17.4. The first-order valence-electron chi connectivity index (χ1n) is 11.1. The van der Waals surface area contributed by atoms with Crippen LogP contribution in [-0.2, 0) is 11.3 Å². The Morgan fingerprint density at radius 1 is 1.14 bits per heavy atom. The molecule has 154 valence electrons. The fraction of sp³-hybridized carbons (Fsp3) is 0.652. The zero-order chi connectivity index (χ0) is 20.0. The summed E-state index contributed by atoms with van der Waals surface area (Å²) in [7, 11) is 0. The summed E-state index contributed by atoms with van der Waals surface area (Å²) in [5.74, 6) is 3.72. The second kappa shape index (κ2) is 7.53. The number of ketones is 1. The topological polar surface area (TPSA) is 60.7 Å². The van der Waals surface area contributed by atoms with Gasteiger partial charge in [-0.05, 0) is 81.8 Å². The van der Waals surface area contributed by atoms with Crippen molar-refractivity contribution in [3.63, 3.8) is 0 Å². The van der Waals surface area contributed by atoms with Crippen LogP contribution in [-0.4, -0.2) is 30.8 Å². The van der Waals surface area contributed by atoms with Crippen LogP contribution < -0.4 is 0 Å². The van der Waals surface area contributed by atoms with E-state index in [2.05, 4.69) is 33.6 Å². The van der Waals surface area contributed by atoms with Gasteiger partial charge in [0.15, 0.2) is 16.8 Å². The van der Waals surface area contributed by atoms with E-state index in [1.165, 1.54) is 19.3 Å². The minimum absolute atomic E-state index is 0.0509. The Balaban J connectivity index is 1.37. The highest BCUT2D eigenvalue weighted by Crippen LogP contribution is 2.61. The number of carbonyl (C=O) groups is 1. The lowest BCUT2D eigenvalue weighted by Crippen LogP contribution is -2.51. The van der Waals surface area contributed by atoms with Crippen molar-refractivity contribution >= 4 is 17.5 Å². The van der Waals surface area contributed by atoms with Crippen LogP contribution in [0.1, 0.15) is 58.8 Å². The van der Waals surface area contributed by atoms with Gasteiger partial charge in [-0.25, -0.2) is 0 Å². The molecule has 1 atom stereocenters. The number of nitrogens with zero attached hydrogens (tertiary/aromatic N) is 4. The van der Waals surface area contributed by atoms with Gasteiger partial charge in [-0.1, -0.05) is 18.7 Å². The van der Waals surface area contributed by atoms with Crippen molar-refractivity contribution in [1.29, 1.82) is 0 Å². The van der Waals surface area contributed by atoms with Gasteiger partial charge in [0.1, 0.15) is 0 Å². The molecule has 4 bridgehead atoms. The van der Waals surface area contributed by atoms with E-state index in [0.717, 1.165) is 66.5 Å². The molecule has 0 aromatic carbocycles. The van der Waals surface area contributed by atoms with Gasteiger partial charge in [0, 0.05) is 29.9 Å². The number of pyridine rings is 1. The highest BCUT2D eigenvalue weighted by Gasteiger charge is 2.55. The summed E-state index contributed by atoms with van der Waals surface area (Å²) in [5, 5.41) is 9.74. The summed E-state index contributed by atoms with van der Waals surface area (Å²) in [5.41, 5.74) is 0.970. The summed E-state index contributed by atoms with van der Waals surface area (Å²) in [6, 6.07) is 3.93. The SMILES string of the molecule is CCCn1c(SC(C)C(=O)C23CC4CC(CC(C4)C2)C3)nnc1-c1ccncc1. The molecular formula is C23H30N4OS. The molecule has 0 amide bonds. The number of thioether (sulfide) groups is 1. The maximum atomic E-state index is 13.7. The monoisotopic (exact) mass is 410 g/mol. The molecule has 0 aliphatic heterocycles. The third-order valence-corrected chi connectivity index (χ3v) is 8.40. The number of hydrogen-bond acceptors (Lipinski definition) is 5. The fourth-order valence-electron chi connectivity index (χ4n) is 6.57. The predicted molar refractivity (Wildman–Crippen MR) is 114 cm³/mol. The molecule has 2 aromatic rings. The average Bonchev–Trinajstić information content (AvgIpc) is 3.09. The lowest BCUT2D eigenvalue weighted by molar-refractivity contribution is -0.142. The summed E-state index contributed by atoms with van der Waals surface area (Å²) in [6.07, 6.45) is 12.1. The Hall–Kier alpha value is -1.69. The Morgan fingerprint density at radius 2 is 1.76 bits per heavy atom. The number of carbonyl (C=O) groups excluding carboxylic acids is 1. The molecule has 0 saturated heterocycles.